The maximum atomic E-state index is 12.3. The van der Waals surface area contributed by atoms with Gasteiger partial charge in [0, 0.05) is 6.54 Å². The Balaban J connectivity index is 2.88. The third-order valence-electron chi connectivity index (χ3n) is 4.43. The number of carbonyl (C=O) groups excluding carboxylic acids is 1. The molecule has 0 saturated carbocycles. The second-order valence-electron chi connectivity index (χ2n) is 7.28. The number of carboxylic acid groups (broad SMARTS) is 1. The molecule has 1 heterocycles. The molecule has 1 aliphatic rings. The van der Waals surface area contributed by atoms with Crippen LogP contribution in [0.1, 0.15) is 66.7 Å². The van der Waals surface area contributed by atoms with Crippen molar-refractivity contribution in [1.29, 1.82) is 0 Å². The number of hydrogen-bond donors (Lipinski definition) is 1. The van der Waals surface area contributed by atoms with Gasteiger partial charge in [-0.25, -0.2) is 9.59 Å². The number of carbonyl (C=O) groups is 2. The van der Waals surface area contributed by atoms with Crippen molar-refractivity contribution in [2.75, 3.05) is 6.54 Å². The van der Waals surface area contributed by atoms with Gasteiger partial charge in [-0.15, -0.1) is 0 Å². The van der Waals surface area contributed by atoms with Crippen molar-refractivity contribution in [2.45, 2.75) is 78.4 Å². The predicted octanol–water partition coefficient (Wildman–Crippen LogP) is 3.91. The van der Waals surface area contributed by atoms with Crippen LogP contribution in [-0.4, -0.2) is 40.3 Å². The molecular weight excluding hydrogens is 282 g/mol. The fraction of sp³-hybridized carbons (Fsp3) is 0.882. The van der Waals surface area contributed by atoms with Crippen molar-refractivity contribution in [1.82, 2.24) is 4.90 Å². The summed E-state index contributed by atoms with van der Waals surface area (Å²) < 4.78 is 5.39. The molecule has 128 valence electrons. The highest BCUT2D eigenvalue weighted by Gasteiger charge is 2.41. The molecule has 0 radical (unpaired) electrons. The minimum atomic E-state index is -0.915. The normalized spacial score (nSPS) is 22.7. The van der Waals surface area contributed by atoms with Crippen LogP contribution >= 0.6 is 0 Å². The van der Waals surface area contributed by atoms with E-state index in [0.717, 1.165) is 32.1 Å². The lowest BCUT2D eigenvalue weighted by atomic mass is 9.80. The Bertz CT molecular complexity index is 385. The maximum Gasteiger partial charge on any atom is 0.411 e. The molecule has 1 saturated heterocycles. The standard InChI is InChI=1S/C17H31NO4/c1-6-12(7-2)11-13-9-8-10-18(14(13)15(19)20)16(21)22-17(3,4)5/h12-14H,6-11H2,1-5H3,(H,19,20)/t13-,14+/m1/s1. The smallest absolute Gasteiger partial charge is 0.411 e. The first-order valence-electron chi connectivity index (χ1n) is 8.42. The predicted molar refractivity (Wildman–Crippen MR) is 85.8 cm³/mol. The first-order chi connectivity index (χ1) is 10.2. The Labute approximate surface area is 134 Å². The van der Waals surface area contributed by atoms with E-state index in [0.29, 0.717) is 12.5 Å². The van der Waals surface area contributed by atoms with Gasteiger partial charge in [0.2, 0.25) is 0 Å². The van der Waals surface area contributed by atoms with Gasteiger partial charge in [0.25, 0.3) is 0 Å². The summed E-state index contributed by atoms with van der Waals surface area (Å²) >= 11 is 0. The number of carboxylic acids is 1. The zero-order valence-electron chi connectivity index (χ0n) is 14.6. The first kappa shape index (κ1) is 18.8. The van der Waals surface area contributed by atoms with E-state index in [4.69, 9.17) is 4.74 Å². The van der Waals surface area contributed by atoms with Gasteiger partial charge in [0.15, 0.2) is 0 Å². The molecule has 0 unspecified atom stereocenters. The van der Waals surface area contributed by atoms with Crippen LogP contribution in [0.4, 0.5) is 4.79 Å². The van der Waals surface area contributed by atoms with Gasteiger partial charge >= 0.3 is 12.1 Å². The molecule has 1 N–H and O–H groups in total. The molecule has 0 spiro atoms. The third kappa shape index (κ3) is 5.18. The summed E-state index contributed by atoms with van der Waals surface area (Å²) in [5.41, 5.74) is -0.609. The van der Waals surface area contributed by atoms with Crippen LogP contribution < -0.4 is 0 Å². The highest BCUT2D eigenvalue weighted by atomic mass is 16.6. The number of amides is 1. The van der Waals surface area contributed by atoms with Crippen LogP contribution in [0.3, 0.4) is 0 Å². The number of likely N-dealkylation sites (tertiary alicyclic amines) is 1. The van der Waals surface area contributed by atoms with Crippen LogP contribution in [0.2, 0.25) is 0 Å². The molecule has 1 fully saturated rings. The number of piperidine rings is 1. The maximum absolute atomic E-state index is 12.3. The van der Waals surface area contributed by atoms with Crippen molar-refractivity contribution in [3.63, 3.8) is 0 Å². The average molecular weight is 313 g/mol. The number of nitrogens with zero attached hydrogens (tertiary/aromatic N) is 1. The molecular formula is C17H31NO4. The van der Waals surface area contributed by atoms with E-state index < -0.39 is 23.7 Å². The lowest BCUT2D eigenvalue weighted by molar-refractivity contribution is -0.147. The van der Waals surface area contributed by atoms with Crippen LogP contribution in [0.15, 0.2) is 0 Å². The van der Waals surface area contributed by atoms with E-state index in [1.54, 1.807) is 20.8 Å². The summed E-state index contributed by atoms with van der Waals surface area (Å²) in [6.45, 7) is 10.1. The van der Waals surface area contributed by atoms with Crippen LogP contribution in [-0.2, 0) is 9.53 Å². The molecule has 0 aromatic rings. The summed E-state index contributed by atoms with van der Waals surface area (Å²) in [7, 11) is 0. The fourth-order valence-electron chi connectivity index (χ4n) is 3.23. The number of ether oxygens (including phenoxy) is 1. The van der Waals surface area contributed by atoms with Gasteiger partial charge in [-0.3, -0.25) is 4.90 Å². The zero-order valence-corrected chi connectivity index (χ0v) is 14.6. The Morgan fingerprint density at radius 2 is 1.86 bits per heavy atom. The zero-order chi connectivity index (χ0) is 16.9. The van der Waals surface area contributed by atoms with Gasteiger partial charge in [0.05, 0.1) is 0 Å². The van der Waals surface area contributed by atoms with Gasteiger partial charge in [0.1, 0.15) is 11.6 Å². The van der Waals surface area contributed by atoms with E-state index in [9.17, 15) is 14.7 Å². The summed E-state index contributed by atoms with van der Waals surface area (Å²) in [6, 6.07) is -0.760. The largest absolute Gasteiger partial charge is 0.480 e. The molecule has 0 aromatic heterocycles. The number of aliphatic carboxylic acids is 1. The van der Waals surface area contributed by atoms with Crippen molar-refractivity contribution < 1.29 is 19.4 Å². The fourth-order valence-corrected chi connectivity index (χ4v) is 3.23. The summed E-state index contributed by atoms with van der Waals surface area (Å²) in [4.78, 5) is 25.5. The Kier molecular flexibility index (Phi) is 6.69. The van der Waals surface area contributed by atoms with Gasteiger partial charge in [-0.2, -0.15) is 0 Å². The van der Waals surface area contributed by atoms with Crippen molar-refractivity contribution in [3.8, 4) is 0 Å². The quantitative estimate of drug-likeness (QED) is 0.835. The minimum Gasteiger partial charge on any atom is -0.480 e. The van der Waals surface area contributed by atoms with E-state index in [2.05, 4.69) is 13.8 Å². The molecule has 1 amide bonds. The highest BCUT2D eigenvalue weighted by molar-refractivity contribution is 5.80. The van der Waals surface area contributed by atoms with Crippen molar-refractivity contribution in [2.24, 2.45) is 11.8 Å². The monoisotopic (exact) mass is 313 g/mol. The molecule has 5 heteroatoms. The second kappa shape index (κ2) is 7.84. The molecule has 22 heavy (non-hydrogen) atoms. The van der Waals surface area contributed by atoms with E-state index in [1.165, 1.54) is 4.90 Å². The number of rotatable bonds is 5. The SMILES string of the molecule is CCC(CC)C[C@H]1CCCN(C(=O)OC(C)(C)C)[C@@H]1C(=O)O. The van der Waals surface area contributed by atoms with Crippen LogP contribution in [0, 0.1) is 11.8 Å². The summed E-state index contributed by atoms with van der Waals surface area (Å²) in [6.07, 6.45) is 4.16. The second-order valence-corrected chi connectivity index (χ2v) is 7.28. The Hall–Kier alpha value is -1.26. The summed E-state index contributed by atoms with van der Waals surface area (Å²) in [5, 5.41) is 9.64. The molecule has 0 aliphatic carbocycles. The first-order valence-corrected chi connectivity index (χ1v) is 8.42. The van der Waals surface area contributed by atoms with Gasteiger partial charge in [-0.1, -0.05) is 26.7 Å². The molecule has 2 atom stereocenters. The topological polar surface area (TPSA) is 66.8 Å². The molecule has 1 aliphatic heterocycles. The van der Waals surface area contributed by atoms with E-state index >= 15 is 0 Å². The summed E-state index contributed by atoms with van der Waals surface area (Å²) in [5.74, 6) is -0.379. The van der Waals surface area contributed by atoms with Crippen molar-refractivity contribution in [3.05, 3.63) is 0 Å². The molecule has 0 bridgehead atoms. The van der Waals surface area contributed by atoms with E-state index in [1.807, 2.05) is 0 Å². The van der Waals surface area contributed by atoms with Gasteiger partial charge in [-0.05, 0) is 51.9 Å². The minimum absolute atomic E-state index is 0.0173. The van der Waals surface area contributed by atoms with Crippen LogP contribution in [0.5, 0.6) is 0 Å². The Morgan fingerprint density at radius 1 is 1.27 bits per heavy atom. The third-order valence-corrected chi connectivity index (χ3v) is 4.43. The Morgan fingerprint density at radius 3 is 2.32 bits per heavy atom. The molecule has 0 aromatic carbocycles. The van der Waals surface area contributed by atoms with E-state index in [-0.39, 0.29) is 5.92 Å². The highest BCUT2D eigenvalue weighted by Crippen LogP contribution is 2.32. The molecule has 5 nitrogen and oxygen atoms in total. The lowest BCUT2D eigenvalue weighted by Crippen LogP contribution is -2.54. The number of hydrogen-bond acceptors (Lipinski definition) is 3. The van der Waals surface area contributed by atoms with Crippen molar-refractivity contribution >= 4 is 12.1 Å². The van der Waals surface area contributed by atoms with Crippen LogP contribution in [0.25, 0.3) is 0 Å². The van der Waals surface area contributed by atoms with Gasteiger partial charge < -0.3 is 9.84 Å². The average Bonchev–Trinajstić information content (AvgIpc) is 2.42. The molecule has 1 rings (SSSR count). The lowest BCUT2D eigenvalue weighted by Gasteiger charge is -2.40.